The second kappa shape index (κ2) is 39.7. The molecule has 0 atom stereocenters. The summed E-state index contributed by atoms with van der Waals surface area (Å²) in [6.07, 6.45) is 18.4. The van der Waals surface area contributed by atoms with E-state index in [1.165, 1.54) is 12.3 Å². The Morgan fingerprint density at radius 2 is 1.00 bits per heavy atom. The molecular formula is C58H77N19O16S3. The molecule has 518 valence electrons. The van der Waals surface area contributed by atoms with Crippen LogP contribution in [-0.4, -0.2) is 91.5 Å². The minimum absolute atomic E-state index is 0. The topological polar surface area (TPSA) is 519 Å². The zero-order valence-corrected chi connectivity index (χ0v) is 56.2. The van der Waals surface area contributed by atoms with Gasteiger partial charge in [-0.3, -0.25) is 15.5 Å². The number of allylic oxidation sites excluding steroid dienone is 4. The highest BCUT2D eigenvalue weighted by Gasteiger charge is 2.16. The fourth-order valence-electron chi connectivity index (χ4n) is 6.58. The second-order valence-corrected chi connectivity index (χ2v) is 24.5. The molecule has 0 radical (unpaired) electrons. The van der Waals surface area contributed by atoms with Gasteiger partial charge in [0, 0.05) is 62.0 Å². The molecule has 4 heterocycles. The Morgan fingerprint density at radius 3 is 1.41 bits per heavy atom. The first-order valence-electron chi connectivity index (χ1n) is 26.7. The van der Waals surface area contributed by atoms with E-state index in [-0.39, 0.29) is 18.8 Å². The first-order valence-corrected chi connectivity index (χ1v) is 32.2. The Labute approximate surface area is 555 Å². The Bertz CT molecular complexity index is 4350. The number of nitrogens with zero attached hydrogens (tertiary/aromatic N) is 14. The number of hydrogen-bond acceptors (Lipinski definition) is 30. The maximum absolute atomic E-state index is 11.1. The standard InChI is InChI=1S/C14H16N5O2.C14H16N4O.C13H16N5O.C13H16N5.3CH4O4S.CH4/c1-17(2)12-6-7-13(14(9-12)19(20)21)16-15-11-5-4-8-18(3)10-11;1-9-4-5-18(19)14(6-9)17-16-13-8-11(3)10(2)7-12(13)15;1-18-5-3-4-9(8-18)16-17-12-7-13(19-2)11(15)6-10(12)14;1-9-6-13(12(15)7-11(9)14)17-16-10-4-3-5-18(2)8-10;3*1-6(3,4)5-2;/h4-10H,1-3H3;4-8,15,19H,1-3H3;3-8H,14-15H2,1-2H3;3-8H,14-15H2,1-2H3;3*2H,1H3;1H4/q+1;;2*+1;;;;/p-3. The summed E-state index contributed by atoms with van der Waals surface area (Å²) < 4.78 is 76.4. The van der Waals surface area contributed by atoms with Crippen molar-refractivity contribution in [2.24, 2.45) is 62.0 Å². The molecule has 35 nitrogen and oxygen atoms in total. The summed E-state index contributed by atoms with van der Waals surface area (Å²) >= 11 is 0. The number of nitro benzene ring substituents is 1. The lowest BCUT2D eigenvalue weighted by Gasteiger charge is -2.11. The first kappa shape index (κ1) is 83.3. The van der Waals surface area contributed by atoms with Crippen molar-refractivity contribution in [1.82, 2.24) is 4.73 Å². The molecule has 0 unspecified atom stereocenters. The minimum atomic E-state index is -3.72. The predicted octanol–water partition coefficient (Wildman–Crippen LogP) is 4.97. The Kier molecular flexibility index (Phi) is 34.5. The van der Waals surface area contributed by atoms with Gasteiger partial charge in [0.1, 0.15) is 61.0 Å². The Balaban J connectivity index is 0.000000587. The molecule has 4 aromatic heterocycles. The molecule has 0 bridgehead atoms. The molecule has 96 heavy (non-hydrogen) atoms. The molecule has 0 saturated carbocycles. The van der Waals surface area contributed by atoms with Crippen molar-refractivity contribution in [3.8, 4) is 5.75 Å². The number of methoxy groups -OCH3 is 1. The molecule has 3 aromatic carbocycles. The van der Waals surface area contributed by atoms with Gasteiger partial charge in [-0.15, -0.1) is 40.9 Å². The summed E-state index contributed by atoms with van der Waals surface area (Å²) in [5.41, 5.74) is 34.7. The summed E-state index contributed by atoms with van der Waals surface area (Å²) in [5.74, 6) is 0.529. The van der Waals surface area contributed by atoms with Crippen LogP contribution in [0.4, 0.5) is 68.2 Å². The smallest absolute Gasteiger partial charge is 0.298 e. The molecule has 0 saturated heterocycles. The maximum Gasteiger partial charge on any atom is 0.298 e. The number of benzene rings is 3. The molecule has 10 N–H and O–H groups in total. The lowest BCUT2D eigenvalue weighted by molar-refractivity contribution is -0.671. The average molecular weight is 1390 g/mol. The van der Waals surface area contributed by atoms with E-state index < -0.39 is 35.3 Å². The number of ether oxygens (including phenoxy) is 1. The van der Waals surface area contributed by atoms with Gasteiger partial charge in [0.05, 0.1) is 53.6 Å². The largest absolute Gasteiger partial charge is 0.707 e. The lowest BCUT2D eigenvalue weighted by atomic mass is 9.98. The molecular weight excluding hydrogens is 1310 g/mol. The maximum atomic E-state index is 11.1. The third kappa shape index (κ3) is 32.2. The highest BCUT2D eigenvalue weighted by atomic mass is 32.2. The van der Waals surface area contributed by atoms with Gasteiger partial charge in [0.2, 0.25) is 0 Å². The number of anilines is 5. The number of aryl methyl sites for hydroxylation is 5. The number of rotatable bonds is 13. The zero-order chi connectivity index (χ0) is 72.0. The van der Waals surface area contributed by atoms with E-state index in [0.717, 1.165) is 44.1 Å². The molecule has 8 rings (SSSR count). The van der Waals surface area contributed by atoms with Gasteiger partial charge in [-0.2, -0.15) is 4.73 Å². The molecule has 0 aliphatic heterocycles. The van der Waals surface area contributed by atoms with Crippen molar-refractivity contribution in [3.05, 3.63) is 184 Å². The molecule has 38 heteroatoms. The number of azo groups is 3. The fraction of sp³-hybridized carbons (Fsp3) is 0.241. The molecule has 0 amide bonds. The quantitative estimate of drug-likeness (QED) is 0.0130. The Morgan fingerprint density at radius 1 is 0.583 bits per heavy atom. The lowest BCUT2D eigenvalue weighted by Crippen LogP contribution is -2.25. The first-order chi connectivity index (χ1) is 44.3. The van der Waals surface area contributed by atoms with Crippen LogP contribution in [0, 0.1) is 29.4 Å². The summed E-state index contributed by atoms with van der Waals surface area (Å²) in [7, 11) is -0.248. The molecule has 0 spiro atoms. The van der Waals surface area contributed by atoms with Crippen LogP contribution in [-0.2, 0) is 64.5 Å². The Hall–Kier alpha value is -10.7. The van der Waals surface area contributed by atoms with E-state index in [1.54, 1.807) is 72.8 Å². The highest BCUT2D eigenvalue weighted by molar-refractivity contribution is 7.86. The molecule has 1 aliphatic carbocycles. The van der Waals surface area contributed by atoms with Crippen LogP contribution < -0.4 is 67.5 Å². The number of pyridine rings is 4. The van der Waals surface area contributed by atoms with Crippen LogP contribution in [0.3, 0.4) is 0 Å². The number of nitrogens with one attached hydrogen (secondary N) is 1. The number of nitrogens with two attached hydrogens (primary N) is 4. The van der Waals surface area contributed by atoms with Gasteiger partial charge in [-0.25, -0.2) is 39.0 Å². The van der Waals surface area contributed by atoms with E-state index in [1.807, 2.05) is 150 Å². The minimum Gasteiger partial charge on any atom is -0.707 e. The van der Waals surface area contributed by atoms with Crippen molar-refractivity contribution >= 4 is 110 Å². The highest BCUT2D eigenvalue weighted by Crippen LogP contribution is 2.35. The van der Waals surface area contributed by atoms with E-state index in [4.69, 9.17) is 48.9 Å². The van der Waals surface area contributed by atoms with Crippen LogP contribution in [0.25, 0.3) is 0 Å². The van der Waals surface area contributed by atoms with Crippen LogP contribution in [0.15, 0.2) is 199 Å². The molecule has 0 fully saturated rings. The summed E-state index contributed by atoms with van der Waals surface area (Å²) in [6, 6.07) is 26.3. The average Bonchev–Trinajstić information content (AvgIpc) is 0.909. The van der Waals surface area contributed by atoms with Gasteiger partial charge < -0.3 is 66.6 Å². The van der Waals surface area contributed by atoms with Gasteiger partial charge in [-0.05, 0) is 123 Å². The summed E-state index contributed by atoms with van der Waals surface area (Å²) in [5, 5.41) is 87.8. The van der Waals surface area contributed by atoms with Crippen molar-refractivity contribution < 1.29 is 82.6 Å². The van der Waals surface area contributed by atoms with Crippen LogP contribution in [0.2, 0.25) is 0 Å². The second-order valence-electron chi connectivity index (χ2n) is 19.9. The van der Waals surface area contributed by atoms with Gasteiger partial charge in [0.15, 0.2) is 48.4 Å². The zero-order valence-electron chi connectivity index (χ0n) is 53.7. The van der Waals surface area contributed by atoms with E-state index >= 15 is 0 Å². The van der Waals surface area contributed by atoms with Crippen molar-refractivity contribution in [2.45, 2.75) is 35.1 Å². The normalized spacial score (nSPS) is 12.4. The predicted molar refractivity (Wildman–Crippen MR) is 354 cm³/mol. The fourth-order valence-corrected chi connectivity index (χ4v) is 6.58. The third-order valence-corrected chi connectivity index (χ3v) is 12.1. The molecule has 7 aromatic rings. The van der Waals surface area contributed by atoms with Gasteiger partial charge in [-0.1, -0.05) is 7.43 Å². The summed E-state index contributed by atoms with van der Waals surface area (Å²) in [4.78, 5) is 12.5. The van der Waals surface area contributed by atoms with Gasteiger partial charge >= 0.3 is 0 Å². The monoisotopic (exact) mass is 1390 g/mol. The SMILES string of the molecule is C.CC1=CC(=N)C(=NN=c2cc(C)ccn2O)C=C1C.CN(C)c1ccc(N=Nc2ccc[n+](C)c2)c([N+](=O)[O-])c1.COc1cc(N=Nc2ccc[n+](C)c2)c(N)cc1N.CS(=O)(=O)O[O-].CS(=O)(=O)O[O-].CS(=O)(=O)O[O-].Cc1cc(N=Nc2ccc[n+](C)c2)c(N)cc1N. The van der Waals surface area contributed by atoms with Crippen LogP contribution in [0.5, 0.6) is 5.75 Å². The third-order valence-electron chi connectivity index (χ3n) is 11.4. The van der Waals surface area contributed by atoms with E-state index in [2.05, 4.69) is 53.9 Å². The van der Waals surface area contributed by atoms with E-state index in [0.29, 0.717) is 81.2 Å². The number of nitrogen functional groups attached to an aromatic ring is 4. The summed E-state index contributed by atoms with van der Waals surface area (Å²) in [6.45, 7) is 7.74. The number of hydrogen-bond donors (Lipinski definition) is 6. The van der Waals surface area contributed by atoms with Crippen molar-refractivity contribution in [1.29, 1.82) is 5.41 Å². The van der Waals surface area contributed by atoms with Crippen molar-refractivity contribution in [2.75, 3.05) is 67.8 Å². The van der Waals surface area contributed by atoms with E-state index in [9.17, 15) is 40.6 Å². The van der Waals surface area contributed by atoms with Crippen LogP contribution in [0.1, 0.15) is 32.4 Å². The van der Waals surface area contributed by atoms with Gasteiger partial charge in [0.25, 0.3) is 36.0 Å². The number of aromatic nitrogens is 4. The number of nitro groups is 1. The van der Waals surface area contributed by atoms with Crippen molar-refractivity contribution in [3.63, 3.8) is 0 Å². The molecule has 1 aliphatic rings. The van der Waals surface area contributed by atoms with Crippen LogP contribution >= 0.6 is 0 Å².